The maximum absolute atomic E-state index is 12.5. The normalized spacial score (nSPS) is 11.0. The molecule has 1 N–H and O–H groups in total. The number of nitrogens with zero attached hydrogens (tertiary/aromatic N) is 1. The molecule has 0 unspecified atom stereocenters. The molecule has 0 amide bonds. The second kappa shape index (κ2) is 13.2. The van der Waals surface area contributed by atoms with Gasteiger partial charge in [0.05, 0.1) is 17.9 Å². The Hall–Kier alpha value is -3.60. The maximum atomic E-state index is 12.5. The number of rotatable bonds is 12. The van der Waals surface area contributed by atoms with Gasteiger partial charge in [0.2, 0.25) is 0 Å². The summed E-state index contributed by atoms with van der Waals surface area (Å²) in [5.74, 6) is 0.489. The van der Waals surface area contributed by atoms with Crippen LogP contribution >= 0.6 is 0 Å². The fourth-order valence-electron chi connectivity index (χ4n) is 3.47. The molecule has 178 valence electrons. The summed E-state index contributed by atoms with van der Waals surface area (Å²) in [6.45, 7) is 4.87. The van der Waals surface area contributed by atoms with E-state index in [1.165, 1.54) is 38.2 Å². The Morgan fingerprint density at radius 3 is 2.35 bits per heavy atom. The van der Waals surface area contributed by atoms with Gasteiger partial charge in [-0.2, -0.15) is 0 Å². The lowest BCUT2D eigenvalue weighted by Crippen LogP contribution is -2.08. The summed E-state index contributed by atoms with van der Waals surface area (Å²) in [6.07, 6.45) is 8.88. The number of aliphatic imine (C=N–C) groups is 1. The minimum absolute atomic E-state index is 0.0129. The zero-order chi connectivity index (χ0) is 24.2. The summed E-state index contributed by atoms with van der Waals surface area (Å²) >= 11 is 0. The van der Waals surface area contributed by atoms with E-state index in [9.17, 15) is 9.90 Å². The van der Waals surface area contributed by atoms with E-state index >= 15 is 0 Å². The molecular formula is C29H33NO4. The molecule has 0 bridgehead atoms. The molecule has 0 aromatic heterocycles. The highest BCUT2D eigenvalue weighted by atomic mass is 16.5. The maximum Gasteiger partial charge on any atom is 0.343 e. The molecule has 0 radical (unpaired) electrons. The van der Waals surface area contributed by atoms with E-state index in [-0.39, 0.29) is 11.5 Å². The van der Waals surface area contributed by atoms with Gasteiger partial charge in [0, 0.05) is 17.8 Å². The van der Waals surface area contributed by atoms with Gasteiger partial charge in [-0.15, -0.1) is 0 Å². The van der Waals surface area contributed by atoms with Crippen LogP contribution in [-0.2, 0) is 0 Å². The average Bonchev–Trinajstić information content (AvgIpc) is 2.84. The molecule has 3 aromatic rings. The molecule has 0 atom stereocenters. The Kier molecular flexibility index (Phi) is 9.71. The third-order valence-electron chi connectivity index (χ3n) is 5.53. The lowest BCUT2D eigenvalue weighted by atomic mass is 10.1. The number of unbranched alkanes of at least 4 members (excludes halogenated alkanes) is 5. The fraction of sp³-hybridized carbons (Fsp3) is 0.310. The zero-order valence-electron chi connectivity index (χ0n) is 20.0. The number of carbonyl (C=O) groups excluding carboxylic acids is 1. The number of para-hydroxylation sites is 1. The highest BCUT2D eigenvalue weighted by molar-refractivity contribution is 5.91. The molecule has 34 heavy (non-hydrogen) atoms. The molecule has 3 rings (SSSR count). The van der Waals surface area contributed by atoms with Crippen molar-refractivity contribution in [1.29, 1.82) is 0 Å². The van der Waals surface area contributed by atoms with Crippen LogP contribution in [0, 0.1) is 6.92 Å². The molecule has 0 heterocycles. The van der Waals surface area contributed by atoms with Crippen LogP contribution < -0.4 is 9.47 Å². The molecule has 5 nitrogen and oxygen atoms in total. The molecule has 5 heteroatoms. The smallest absolute Gasteiger partial charge is 0.343 e. The highest BCUT2D eigenvalue weighted by Crippen LogP contribution is 2.25. The van der Waals surface area contributed by atoms with Crippen LogP contribution in [0.4, 0.5) is 5.69 Å². The lowest BCUT2D eigenvalue weighted by molar-refractivity contribution is 0.0734. The van der Waals surface area contributed by atoms with Crippen molar-refractivity contribution >= 4 is 17.9 Å². The Bertz CT molecular complexity index is 1090. The quantitative estimate of drug-likeness (QED) is 0.132. The van der Waals surface area contributed by atoms with Gasteiger partial charge >= 0.3 is 5.97 Å². The van der Waals surface area contributed by atoms with Crippen molar-refractivity contribution in [3.63, 3.8) is 0 Å². The van der Waals surface area contributed by atoms with Crippen molar-refractivity contribution in [3.05, 3.63) is 83.4 Å². The first-order valence-electron chi connectivity index (χ1n) is 11.9. The van der Waals surface area contributed by atoms with E-state index in [0.717, 1.165) is 23.4 Å². The summed E-state index contributed by atoms with van der Waals surface area (Å²) in [4.78, 5) is 16.9. The summed E-state index contributed by atoms with van der Waals surface area (Å²) < 4.78 is 11.2. The SMILES string of the molecule is CCCCCCCCOc1ccc(C(=O)Oc2ccc(C=Nc3ccccc3C)c(O)c2)cc1. The second-order valence-electron chi connectivity index (χ2n) is 8.30. The Balaban J connectivity index is 1.50. The van der Waals surface area contributed by atoms with E-state index in [1.807, 2.05) is 31.2 Å². The molecule has 0 saturated carbocycles. The second-order valence-corrected chi connectivity index (χ2v) is 8.30. The Morgan fingerprint density at radius 1 is 0.912 bits per heavy atom. The number of ether oxygens (including phenoxy) is 2. The third kappa shape index (κ3) is 7.77. The minimum atomic E-state index is -0.497. The molecule has 0 aliphatic rings. The van der Waals surface area contributed by atoms with E-state index in [0.29, 0.717) is 17.7 Å². The molecule has 0 spiro atoms. The summed E-state index contributed by atoms with van der Waals surface area (Å²) in [5.41, 5.74) is 2.82. The van der Waals surface area contributed by atoms with E-state index in [1.54, 1.807) is 42.6 Å². The number of benzene rings is 3. The van der Waals surface area contributed by atoms with Gasteiger partial charge in [-0.3, -0.25) is 4.99 Å². The first kappa shape index (κ1) is 25.0. The Morgan fingerprint density at radius 2 is 1.62 bits per heavy atom. The predicted octanol–water partition coefficient (Wildman–Crippen LogP) is 7.41. The summed E-state index contributed by atoms with van der Waals surface area (Å²) in [5, 5.41) is 10.3. The van der Waals surface area contributed by atoms with Crippen molar-refractivity contribution in [2.24, 2.45) is 4.99 Å². The van der Waals surface area contributed by atoms with Gasteiger partial charge in [0.15, 0.2) is 0 Å². The molecule has 0 fully saturated rings. The van der Waals surface area contributed by atoms with Gasteiger partial charge in [-0.05, 0) is 61.4 Å². The minimum Gasteiger partial charge on any atom is -0.507 e. The van der Waals surface area contributed by atoms with Gasteiger partial charge < -0.3 is 14.6 Å². The molecular weight excluding hydrogens is 426 g/mol. The summed E-state index contributed by atoms with van der Waals surface area (Å²) in [7, 11) is 0. The van der Waals surface area contributed by atoms with Crippen molar-refractivity contribution < 1.29 is 19.4 Å². The molecule has 0 aliphatic carbocycles. The van der Waals surface area contributed by atoms with Crippen LogP contribution in [0.25, 0.3) is 0 Å². The number of aryl methyl sites for hydroxylation is 1. The number of carbonyl (C=O) groups is 1. The summed E-state index contributed by atoms with van der Waals surface area (Å²) in [6, 6.07) is 19.4. The standard InChI is InChI=1S/C29H33NO4/c1-3-4-5-6-7-10-19-33-25-16-13-23(14-17-25)29(32)34-26-18-15-24(28(31)20-26)21-30-27-12-9-8-11-22(27)2/h8-9,11-18,20-21,31H,3-7,10,19H2,1-2H3. The zero-order valence-corrected chi connectivity index (χ0v) is 20.0. The highest BCUT2D eigenvalue weighted by Gasteiger charge is 2.10. The van der Waals surface area contributed by atoms with Gasteiger partial charge in [-0.1, -0.05) is 57.2 Å². The number of esters is 1. The van der Waals surface area contributed by atoms with Crippen LogP contribution in [0.3, 0.4) is 0 Å². The van der Waals surface area contributed by atoms with E-state index in [4.69, 9.17) is 9.47 Å². The number of aromatic hydroxyl groups is 1. The fourth-order valence-corrected chi connectivity index (χ4v) is 3.47. The first-order valence-corrected chi connectivity index (χ1v) is 11.9. The monoisotopic (exact) mass is 459 g/mol. The number of hydrogen-bond donors (Lipinski definition) is 1. The van der Waals surface area contributed by atoms with Gasteiger partial charge in [-0.25, -0.2) is 4.79 Å². The lowest BCUT2D eigenvalue weighted by Gasteiger charge is -2.08. The van der Waals surface area contributed by atoms with E-state index < -0.39 is 5.97 Å². The topological polar surface area (TPSA) is 68.1 Å². The van der Waals surface area contributed by atoms with Gasteiger partial charge in [0.1, 0.15) is 17.2 Å². The number of hydrogen-bond acceptors (Lipinski definition) is 5. The number of phenolic OH excluding ortho intramolecular Hbond substituents is 1. The van der Waals surface area contributed by atoms with Crippen molar-refractivity contribution in [2.75, 3.05) is 6.61 Å². The number of phenols is 1. The largest absolute Gasteiger partial charge is 0.507 e. The van der Waals surface area contributed by atoms with Gasteiger partial charge in [0.25, 0.3) is 0 Å². The molecule has 0 saturated heterocycles. The average molecular weight is 460 g/mol. The third-order valence-corrected chi connectivity index (χ3v) is 5.53. The van der Waals surface area contributed by atoms with E-state index in [2.05, 4.69) is 11.9 Å². The molecule has 0 aliphatic heterocycles. The first-order chi connectivity index (χ1) is 16.6. The van der Waals surface area contributed by atoms with Crippen LogP contribution in [0.15, 0.2) is 71.7 Å². The van der Waals surface area contributed by atoms with Crippen molar-refractivity contribution in [3.8, 4) is 17.2 Å². The Labute approximate surface area is 202 Å². The van der Waals surface area contributed by atoms with Crippen LogP contribution in [0.5, 0.6) is 17.2 Å². The van der Waals surface area contributed by atoms with Crippen molar-refractivity contribution in [2.45, 2.75) is 52.4 Å². The van der Waals surface area contributed by atoms with Crippen molar-refractivity contribution in [1.82, 2.24) is 0 Å². The van der Waals surface area contributed by atoms with Crippen LogP contribution in [0.1, 0.15) is 66.9 Å². The van der Waals surface area contributed by atoms with Crippen LogP contribution in [-0.4, -0.2) is 23.9 Å². The predicted molar refractivity (Wildman–Crippen MR) is 137 cm³/mol. The van der Waals surface area contributed by atoms with Crippen LogP contribution in [0.2, 0.25) is 0 Å². The molecule has 3 aromatic carbocycles.